The lowest BCUT2D eigenvalue weighted by Crippen LogP contribution is -2.51. The number of halogens is 2. The molecule has 0 aliphatic carbocycles. The number of fused-ring (bicyclic) bond motifs is 1. The summed E-state index contributed by atoms with van der Waals surface area (Å²) in [6.07, 6.45) is 0.585. The van der Waals surface area contributed by atoms with Gasteiger partial charge in [0.05, 0.1) is 11.2 Å². The molecular formula is C27H27F2N5O2. The standard InChI is InChI=1S/C27H27F2N5O2/c1-4-27(2,3)30-26(36)25(18-11-5-6-12-19(18)28)34(22-15-9-7-13-20(22)29)24(35)17-33-23-16-10-8-14-21(23)31-32-33/h5-16,25H,4,17H2,1-3H3,(H,30,36)/t25-/m0/s1. The van der Waals surface area contributed by atoms with Gasteiger partial charge in [0.1, 0.15) is 29.7 Å². The van der Waals surface area contributed by atoms with Crippen LogP contribution in [0, 0.1) is 11.6 Å². The lowest BCUT2D eigenvalue weighted by Gasteiger charge is -2.34. The molecule has 1 atom stereocenters. The maximum Gasteiger partial charge on any atom is 0.249 e. The number of nitrogens with zero attached hydrogens (tertiary/aromatic N) is 4. The molecule has 0 saturated heterocycles. The predicted octanol–water partition coefficient (Wildman–Crippen LogP) is 4.79. The third kappa shape index (κ3) is 5.10. The Morgan fingerprint density at radius 3 is 2.31 bits per heavy atom. The van der Waals surface area contributed by atoms with Gasteiger partial charge in [0.25, 0.3) is 0 Å². The van der Waals surface area contributed by atoms with E-state index in [1.807, 2.05) is 20.8 Å². The van der Waals surface area contributed by atoms with Crippen LogP contribution >= 0.6 is 0 Å². The zero-order chi connectivity index (χ0) is 25.9. The number of hydrogen-bond acceptors (Lipinski definition) is 4. The third-order valence-electron chi connectivity index (χ3n) is 6.14. The molecule has 0 bridgehead atoms. The number of benzene rings is 3. The SMILES string of the molecule is CCC(C)(C)NC(=O)[C@H](c1ccccc1F)N(C(=O)Cn1nnc2ccccc21)c1ccccc1F. The predicted molar refractivity (Wildman–Crippen MR) is 133 cm³/mol. The zero-order valence-electron chi connectivity index (χ0n) is 20.3. The molecule has 0 saturated carbocycles. The topological polar surface area (TPSA) is 80.1 Å². The molecule has 0 spiro atoms. The average Bonchev–Trinajstić information content (AvgIpc) is 3.26. The Labute approximate surface area is 207 Å². The first kappa shape index (κ1) is 25.0. The van der Waals surface area contributed by atoms with Gasteiger partial charge in [-0.2, -0.15) is 0 Å². The maximum absolute atomic E-state index is 15.1. The number of para-hydroxylation sites is 2. The third-order valence-corrected chi connectivity index (χ3v) is 6.14. The molecule has 0 unspecified atom stereocenters. The Kier molecular flexibility index (Phi) is 7.10. The molecule has 4 aromatic rings. The highest BCUT2D eigenvalue weighted by Gasteiger charge is 2.37. The highest BCUT2D eigenvalue weighted by molar-refractivity contribution is 6.01. The van der Waals surface area contributed by atoms with E-state index in [0.717, 1.165) is 4.90 Å². The largest absolute Gasteiger partial charge is 0.349 e. The molecule has 36 heavy (non-hydrogen) atoms. The van der Waals surface area contributed by atoms with Crippen molar-refractivity contribution in [1.82, 2.24) is 20.3 Å². The van der Waals surface area contributed by atoms with E-state index < -0.39 is 35.0 Å². The Balaban J connectivity index is 1.85. The molecule has 1 heterocycles. The van der Waals surface area contributed by atoms with Crippen LogP contribution in [0.25, 0.3) is 11.0 Å². The summed E-state index contributed by atoms with van der Waals surface area (Å²) in [6, 6.07) is 16.9. The molecule has 0 aliphatic rings. The number of hydrogen-bond donors (Lipinski definition) is 1. The Bertz CT molecular complexity index is 1400. The van der Waals surface area contributed by atoms with Gasteiger partial charge in [0.2, 0.25) is 11.8 Å². The van der Waals surface area contributed by atoms with E-state index in [0.29, 0.717) is 17.5 Å². The number of carbonyl (C=O) groups excluding carboxylic acids is 2. The highest BCUT2D eigenvalue weighted by Crippen LogP contribution is 2.32. The van der Waals surface area contributed by atoms with E-state index in [1.165, 1.54) is 41.1 Å². The van der Waals surface area contributed by atoms with Crippen molar-refractivity contribution in [1.29, 1.82) is 0 Å². The minimum absolute atomic E-state index is 0.0537. The number of carbonyl (C=O) groups is 2. The van der Waals surface area contributed by atoms with Crippen molar-refractivity contribution in [3.05, 3.63) is 90.0 Å². The lowest BCUT2D eigenvalue weighted by atomic mass is 9.98. The summed E-state index contributed by atoms with van der Waals surface area (Å²) < 4.78 is 31.6. The molecule has 0 fully saturated rings. The van der Waals surface area contributed by atoms with Crippen LogP contribution in [0.5, 0.6) is 0 Å². The smallest absolute Gasteiger partial charge is 0.249 e. The van der Waals surface area contributed by atoms with Crippen LogP contribution in [0.4, 0.5) is 14.5 Å². The Hall–Kier alpha value is -4.14. The average molecular weight is 492 g/mol. The number of nitrogens with one attached hydrogen (secondary N) is 1. The van der Waals surface area contributed by atoms with Crippen molar-refractivity contribution in [3.8, 4) is 0 Å². The monoisotopic (exact) mass is 491 g/mol. The summed E-state index contributed by atoms with van der Waals surface area (Å²) in [5.41, 5.74) is 0.327. The van der Waals surface area contributed by atoms with Gasteiger partial charge in [0.15, 0.2) is 0 Å². The lowest BCUT2D eigenvalue weighted by molar-refractivity contribution is -0.128. The normalized spacial score (nSPS) is 12.4. The summed E-state index contributed by atoms with van der Waals surface area (Å²) in [5, 5.41) is 11.0. The fraction of sp³-hybridized carbons (Fsp3) is 0.259. The van der Waals surface area contributed by atoms with Crippen LogP contribution in [0.2, 0.25) is 0 Å². The van der Waals surface area contributed by atoms with E-state index in [1.54, 1.807) is 36.4 Å². The second kappa shape index (κ2) is 10.2. The molecule has 2 amide bonds. The first-order chi connectivity index (χ1) is 17.2. The van der Waals surface area contributed by atoms with Crippen LogP contribution in [0.3, 0.4) is 0 Å². The quantitative estimate of drug-likeness (QED) is 0.384. The molecule has 1 N–H and O–H groups in total. The summed E-state index contributed by atoms with van der Waals surface area (Å²) in [7, 11) is 0. The summed E-state index contributed by atoms with van der Waals surface area (Å²) >= 11 is 0. The van der Waals surface area contributed by atoms with Crippen LogP contribution in [-0.4, -0.2) is 32.3 Å². The first-order valence-electron chi connectivity index (χ1n) is 11.6. The number of amides is 2. The number of aromatic nitrogens is 3. The molecule has 0 radical (unpaired) electrons. The van der Waals surface area contributed by atoms with E-state index in [-0.39, 0.29) is 17.8 Å². The van der Waals surface area contributed by atoms with Gasteiger partial charge < -0.3 is 5.32 Å². The van der Waals surface area contributed by atoms with Gasteiger partial charge in [-0.15, -0.1) is 5.10 Å². The van der Waals surface area contributed by atoms with Gasteiger partial charge >= 0.3 is 0 Å². The Morgan fingerprint density at radius 1 is 0.972 bits per heavy atom. The number of anilines is 1. The minimum Gasteiger partial charge on any atom is -0.349 e. The molecular weight excluding hydrogens is 464 g/mol. The summed E-state index contributed by atoms with van der Waals surface area (Å²) in [4.78, 5) is 28.5. The minimum atomic E-state index is -1.48. The Morgan fingerprint density at radius 2 is 1.61 bits per heavy atom. The van der Waals surface area contributed by atoms with E-state index in [4.69, 9.17) is 0 Å². The summed E-state index contributed by atoms with van der Waals surface area (Å²) in [6.45, 7) is 5.19. The fourth-order valence-corrected chi connectivity index (χ4v) is 3.89. The van der Waals surface area contributed by atoms with Crippen molar-refractivity contribution >= 4 is 28.5 Å². The van der Waals surface area contributed by atoms with Crippen LogP contribution in [-0.2, 0) is 16.1 Å². The van der Waals surface area contributed by atoms with Crippen LogP contribution in [0.15, 0.2) is 72.8 Å². The van der Waals surface area contributed by atoms with Gasteiger partial charge in [0, 0.05) is 11.1 Å². The van der Waals surface area contributed by atoms with E-state index >= 15 is 8.78 Å². The zero-order valence-corrected chi connectivity index (χ0v) is 20.3. The van der Waals surface area contributed by atoms with Crippen molar-refractivity contribution in [2.24, 2.45) is 0 Å². The highest BCUT2D eigenvalue weighted by atomic mass is 19.1. The molecule has 9 heteroatoms. The maximum atomic E-state index is 15.1. The van der Waals surface area contributed by atoms with E-state index in [2.05, 4.69) is 15.6 Å². The second-order valence-electron chi connectivity index (χ2n) is 9.10. The fourth-order valence-electron chi connectivity index (χ4n) is 3.89. The van der Waals surface area contributed by atoms with E-state index in [9.17, 15) is 9.59 Å². The molecule has 4 rings (SSSR count). The van der Waals surface area contributed by atoms with Crippen molar-refractivity contribution in [2.75, 3.05) is 4.90 Å². The van der Waals surface area contributed by atoms with Gasteiger partial charge in [-0.25, -0.2) is 13.5 Å². The van der Waals surface area contributed by atoms with Gasteiger partial charge in [-0.05, 0) is 50.6 Å². The van der Waals surface area contributed by atoms with Crippen LogP contribution < -0.4 is 10.2 Å². The molecule has 1 aromatic heterocycles. The summed E-state index contributed by atoms with van der Waals surface area (Å²) in [5.74, 6) is -2.70. The second-order valence-corrected chi connectivity index (χ2v) is 9.10. The van der Waals surface area contributed by atoms with Crippen molar-refractivity contribution < 1.29 is 18.4 Å². The number of rotatable bonds is 8. The molecule has 3 aromatic carbocycles. The van der Waals surface area contributed by atoms with Crippen LogP contribution in [0.1, 0.15) is 38.8 Å². The van der Waals surface area contributed by atoms with Gasteiger partial charge in [-0.3, -0.25) is 14.5 Å². The molecule has 186 valence electrons. The van der Waals surface area contributed by atoms with Gasteiger partial charge in [-0.1, -0.05) is 54.6 Å². The van der Waals surface area contributed by atoms with Crippen molar-refractivity contribution in [3.63, 3.8) is 0 Å². The molecule has 7 nitrogen and oxygen atoms in total. The van der Waals surface area contributed by atoms with Crippen molar-refractivity contribution in [2.45, 2.75) is 45.3 Å². The first-order valence-corrected chi connectivity index (χ1v) is 11.6. The molecule has 0 aliphatic heterocycles.